The predicted octanol–water partition coefficient (Wildman–Crippen LogP) is 6.43. The van der Waals surface area contributed by atoms with Crippen LogP contribution in [0.4, 0.5) is 5.69 Å². The number of amides is 2. The van der Waals surface area contributed by atoms with Gasteiger partial charge in [-0.2, -0.15) is 5.10 Å². The van der Waals surface area contributed by atoms with Crippen molar-refractivity contribution in [1.82, 2.24) is 44.5 Å². The Hall–Kier alpha value is -6.65. The van der Waals surface area contributed by atoms with Crippen LogP contribution in [0.1, 0.15) is 96.7 Å². The van der Waals surface area contributed by atoms with Gasteiger partial charge in [-0.05, 0) is 180 Å². The normalized spacial score (nSPS) is 22.0. The van der Waals surface area contributed by atoms with Crippen molar-refractivity contribution >= 4 is 52.7 Å². The second kappa shape index (κ2) is 27.2. The van der Waals surface area contributed by atoms with E-state index in [0.717, 1.165) is 81.4 Å². The van der Waals surface area contributed by atoms with E-state index in [2.05, 4.69) is 27.5 Å². The third-order valence-electron chi connectivity index (χ3n) is 17.5. The standard InChI is InChI=1S/C61H84N10O10S/c1-39(2)48-34-43(16-19-50(48)71-51(56-52(80-7)12-9-13-53(56)81-8)35-49(64-71)57(76)63-61(59(78)79)44-29-41-28-42(31-44)32-45(61)30-41)58(77)67(5)22-10-20-65(3)21-11-23-68(6)60(82)62-46-17-14-40(15-18-46)33-47-36-69(37-54(72)73)26-24-66(4)25-27-70(47)38-55(74)75/h9,12-19,34-35,39,41-42,44-45,47H,10-11,20-33,36-38H2,1-8H3,(H,62,82)(H,63,76)(H,72,73)(H,74,75)(H,78,79). The van der Waals surface area contributed by atoms with Crippen LogP contribution in [0.25, 0.3) is 16.9 Å². The number of carboxylic acid groups (broad SMARTS) is 3. The molecule has 0 spiro atoms. The molecule has 1 saturated heterocycles. The largest absolute Gasteiger partial charge is 0.496 e. The molecule has 4 aromatic rings. The van der Waals surface area contributed by atoms with Gasteiger partial charge in [0.05, 0.1) is 44.3 Å². The summed E-state index contributed by atoms with van der Waals surface area (Å²) in [5, 5.41) is 42.1. The second-order valence-electron chi connectivity index (χ2n) is 23.7. The molecule has 0 radical (unpaired) electrons. The zero-order valence-electron chi connectivity index (χ0n) is 48.9. The summed E-state index contributed by atoms with van der Waals surface area (Å²) < 4.78 is 13.4. The number of carbonyl (C=O) groups excluding carboxylic acids is 2. The summed E-state index contributed by atoms with van der Waals surface area (Å²) in [5.41, 5.74) is 3.62. The van der Waals surface area contributed by atoms with Crippen LogP contribution in [0.15, 0.2) is 66.7 Å². The van der Waals surface area contributed by atoms with Crippen LogP contribution in [0.2, 0.25) is 0 Å². The topological polar surface area (TPSA) is 226 Å². The van der Waals surface area contributed by atoms with E-state index >= 15 is 0 Å². The first kappa shape index (κ1) is 61.4. The molecule has 2 amide bonds. The fourth-order valence-corrected chi connectivity index (χ4v) is 13.5. The zero-order valence-corrected chi connectivity index (χ0v) is 49.8. The number of aromatic nitrogens is 2. The Bertz CT molecular complexity index is 2880. The van der Waals surface area contributed by atoms with Gasteiger partial charge >= 0.3 is 17.9 Å². The first-order valence-electron chi connectivity index (χ1n) is 28.8. The van der Waals surface area contributed by atoms with Crippen molar-refractivity contribution in [2.75, 3.05) is 120 Å². The maximum Gasteiger partial charge on any atom is 0.330 e. The number of carboxylic acids is 3. The number of anilines is 1. The van der Waals surface area contributed by atoms with Gasteiger partial charge < -0.3 is 55.0 Å². The third kappa shape index (κ3) is 14.4. The fourth-order valence-electron chi connectivity index (χ4n) is 13.3. The number of hydrogen-bond acceptors (Lipinski definition) is 13. The van der Waals surface area contributed by atoms with Crippen molar-refractivity contribution < 1.29 is 48.8 Å². The average molecular weight is 1150 g/mol. The van der Waals surface area contributed by atoms with Crippen LogP contribution in [0.3, 0.4) is 0 Å². The lowest BCUT2D eigenvalue weighted by Crippen LogP contribution is -2.70. The number of thiocarbonyl (C=S) groups is 1. The van der Waals surface area contributed by atoms with Gasteiger partial charge in [0, 0.05) is 77.2 Å². The summed E-state index contributed by atoms with van der Waals surface area (Å²) in [7, 11) is 10.9. The van der Waals surface area contributed by atoms with Crippen molar-refractivity contribution in [3.63, 3.8) is 0 Å². The molecule has 82 heavy (non-hydrogen) atoms. The highest BCUT2D eigenvalue weighted by Gasteiger charge is 2.62. The number of nitrogens with zero attached hydrogens (tertiary/aromatic N) is 8. The fraction of sp³-hybridized carbons (Fsp3) is 0.557. The number of ether oxygens (including phenoxy) is 2. The van der Waals surface area contributed by atoms with Crippen LogP contribution in [0.5, 0.6) is 11.5 Å². The van der Waals surface area contributed by atoms with Gasteiger partial charge in [-0.15, -0.1) is 0 Å². The molecule has 444 valence electrons. The van der Waals surface area contributed by atoms with Crippen molar-refractivity contribution in [2.45, 2.75) is 82.7 Å². The van der Waals surface area contributed by atoms with Gasteiger partial charge in [-0.1, -0.05) is 32.0 Å². The molecule has 1 atom stereocenters. The zero-order chi connectivity index (χ0) is 59.0. The lowest BCUT2D eigenvalue weighted by Gasteiger charge is -2.59. The molecule has 5 aliphatic rings. The van der Waals surface area contributed by atoms with E-state index in [1.807, 2.05) is 104 Å². The molecule has 21 heteroatoms. The average Bonchev–Trinajstić information content (AvgIpc) is 1.27. The predicted molar refractivity (Wildman–Crippen MR) is 318 cm³/mol. The summed E-state index contributed by atoms with van der Waals surface area (Å²) in [6.07, 6.45) is 6.50. The van der Waals surface area contributed by atoms with Crippen molar-refractivity contribution in [3.8, 4) is 28.4 Å². The van der Waals surface area contributed by atoms with Gasteiger partial charge in [-0.3, -0.25) is 29.0 Å². The number of likely N-dealkylation sites (N-methyl/N-ethyl adjacent to an activating group) is 1. The SMILES string of the molecule is COc1cccc(OC)c1-c1cc(C(=O)NC2(C(=O)O)C3CC4CC(C3)CC2C4)nn1-c1ccc(C(=O)N(C)CCCN(C)CCCN(C)C(=S)Nc2ccc(CC3CN(CC(=O)O)CCN(C)CCN3CC(=O)O)cc2)cc1C(C)C. The first-order chi connectivity index (χ1) is 39.2. The van der Waals surface area contributed by atoms with E-state index in [4.69, 9.17) is 26.8 Å². The molecule has 1 aliphatic heterocycles. The smallest absolute Gasteiger partial charge is 0.330 e. The minimum absolute atomic E-state index is 0.0647. The second-order valence-corrected chi connectivity index (χ2v) is 24.1. The molecule has 3 aromatic carbocycles. The molecular formula is C61H84N10O10S. The van der Waals surface area contributed by atoms with Gasteiger partial charge in [-0.25, -0.2) is 9.48 Å². The van der Waals surface area contributed by atoms with E-state index < -0.39 is 29.4 Å². The van der Waals surface area contributed by atoms with Crippen LogP contribution in [-0.2, 0) is 20.8 Å². The maximum atomic E-state index is 14.5. The van der Waals surface area contributed by atoms with Crippen molar-refractivity contribution in [3.05, 3.63) is 89.1 Å². The first-order valence-corrected chi connectivity index (χ1v) is 29.2. The molecule has 4 aliphatic carbocycles. The lowest BCUT2D eigenvalue weighted by atomic mass is 9.48. The number of aliphatic carboxylic acids is 3. The number of rotatable bonds is 24. The molecule has 9 rings (SSSR count). The molecule has 4 saturated carbocycles. The summed E-state index contributed by atoms with van der Waals surface area (Å²) in [6.45, 7) is 9.68. The Labute approximate surface area is 487 Å². The number of carbonyl (C=O) groups is 5. The highest BCUT2D eigenvalue weighted by atomic mass is 32.1. The minimum atomic E-state index is -1.36. The van der Waals surface area contributed by atoms with E-state index in [1.54, 1.807) is 35.9 Å². The number of benzene rings is 3. The highest BCUT2D eigenvalue weighted by Crippen LogP contribution is 2.58. The molecule has 2 heterocycles. The van der Waals surface area contributed by atoms with E-state index in [0.29, 0.717) is 96.6 Å². The monoisotopic (exact) mass is 1150 g/mol. The van der Waals surface area contributed by atoms with Crippen LogP contribution in [0, 0.1) is 23.7 Å². The maximum absolute atomic E-state index is 14.5. The Kier molecular flexibility index (Phi) is 20.3. The van der Waals surface area contributed by atoms with Gasteiger partial charge in [0.2, 0.25) is 0 Å². The molecular weight excluding hydrogens is 1060 g/mol. The number of hydrogen-bond donors (Lipinski definition) is 5. The lowest BCUT2D eigenvalue weighted by molar-refractivity contribution is -0.163. The van der Waals surface area contributed by atoms with Gasteiger partial charge in [0.1, 0.15) is 17.0 Å². The van der Waals surface area contributed by atoms with E-state index in [9.17, 15) is 39.3 Å². The number of nitrogens with one attached hydrogen (secondary N) is 2. The Morgan fingerprint density at radius 1 is 0.768 bits per heavy atom. The van der Waals surface area contributed by atoms with Crippen LogP contribution in [-0.4, -0.2) is 215 Å². The quantitative estimate of drug-likeness (QED) is 0.0477. The Balaban J connectivity index is 0.858. The number of methoxy groups -OCH3 is 2. The highest BCUT2D eigenvalue weighted by molar-refractivity contribution is 7.80. The van der Waals surface area contributed by atoms with Crippen LogP contribution < -0.4 is 20.1 Å². The molecule has 20 nitrogen and oxygen atoms in total. The summed E-state index contributed by atoms with van der Waals surface area (Å²) in [6, 6.07) is 20.4. The van der Waals surface area contributed by atoms with E-state index in [-0.39, 0.29) is 48.5 Å². The molecule has 5 N–H and O–H groups in total. The summed E-state index contributed by atoms with van der Waals surface area (Å²) in [4.78, 5) is 77.5. The van der Waals surface area contributed by atoms with Gasteiger partial charge in [0.15, 0.2) is 10.8 Å². The van der Waals surface area contributed by atoms with Crippen LogP contribution >= 0.6 is 12.2 Å². The van der Waals surface area contributed by atoms with Crippen molar-refractivity contribution in [2.24, 2.45) is 23.7 Å². The molecule has 5 fully saturated rings. The van der Waals surface area contributed by atoms with Crippen molar-refractivity contribution in [1.29, 1.82) is 0 Å². The molecule has 4 bridgehead atoms. The minimum Gasteiger partial charge on any atom is -0.496 e. The third-order valence-corrected chi connectivity index (χ3v) is 18.0. The molecule has 1 unspecified atom stereocenters. The van der Waals surface area contributed by atoms with E-state index in [1.165, 1.54) is 0 Å². The van der Waals surface area contributed by atoms with Gasteiger partial charge in [0.25, 0.3) is 11.8 Å². The Morgan fingerprint density at radius 2 is 1.38 bits per heavy atom. The Morgan fingerprint density at radius 3 is 1.96 bits per heavy atom. The molecule has 1 aromatic heterocycles. The summed E-state index contributed by atoms with van der Waals surface area (Å²) >= 11 is 5.78. The summed E-state index contributed by atoms with van der Waals surface area (Å²) in [5.74, 6) is -1.83.